The van der Waals surface area contributed by atoms with Gasteiger partial charge in [-0.15, -0.1) is 0 Å². The minimum absolute atomic E-state index is 0.00736. The maximum absolute atomic E-state index is 12.3. The van der Waals surface area contributed by atoms with Crippen molar-refractivity contribution < 1.29 is 9.90 Å². The third-order valence-electron chi connectivity index (χ3n) is 4.78. The van der Waals surface area contributed by atoms with Crippen LogP contribution in [0.25, 0.3) is 0 Å². The zero-order valence-electron chi connectivity index (χ0n) is 11.5. The van der Waals surface area contributed by atoms with Crippen molar-refractivity contribution in [3.05, 3.63) is 0 Å². The molecule has 1 aliphatic heterocycles. The molecule has 0 aromatic heterocycles. The molecule has 17 heavy (non-hydrogen) atoms. The monoisotopic (exact) mass is 239 g/mol. The summed E-state index contributed by atoms with van der Waals surface area (Å²) in [6.07, 6.45) is 2.23. The molecule has 3 nitrogen and oxygen atoms in total. The third-order valence-corrected chi connectivity index (χ3v) is 4.78. The molecule has 0 spiro atoms. The first-order chi connectivity index (χ1) is 7.78. The van der Waals surface area contributed by atoms with E-state index < -0.39 is 6.10 Å². The van der Waals surface area contributed by atoms with Crippen molar-refractivity contribution in [2.75, 3.05) is 13.1 Å². The average molecular weight is 239 g/mol. The fraction of sp³-hybridized carbons (Fsp3) is 0.929. The van der Waals surface area contributed by atoms with Gasteiger partial charge in [0, 0.05) is 18.5 Å². The van der Waals surface area contributed by atoms with Crippen LogP contribution in [0.3, 0.4) is 0 Å². The molecular formula is C14H25NO2. The van der Waals surface area contributed by atoms with E-state index in [1.807, 2.05) is 4.90 Å². The summed E-state index contributed by atoms with van der Waals surface area (Å²) in [6, 6.07) is 0. The van der Waals surface area contributed by atoms with E-state index in [1.54, 1.807) is 0 Å². The second kappa shape index (κ2) is 3.98. The summed E-state index contributed by atoms with van der Waals surface area (Å²) in [4.78, 5) is 14.1. The molecule has 1 heterocycles. The molecule has 2 rings (SSSR count). The van der Waals surface area contributed by atoms with Gasteiger partial charge in [-0.3, -0.25) is 4.79 Å². The molecule has 0 bridgehead atoms. The van der Waals surface area contributed by atoms with Gasteiger partial charge in [0.15, 0.2) is 0 Å². The highest BCUT2D eigenvalue weighted by Crippen LogP contribution is 2.61. The molecule has 2 fully saturated rings. The van der Waals surface area contributed by atoms with E-state index in [-0.39, 0.29) is 16.7 Å². The molecule has 1 amide bonds. The first-order valence-electron chi connectivity index (χ1n) is 6.75. The van der Waals surface area contributed by atoms with Gasteiger partial charge < -0.3 is 10.0 Å². The van der Waals surface area contributed by atoms with Crippen molar-refractivity contribution in [3.63, 3.8) is 0 Å². The number of likely N-dealkylation sites (tertiary alicyclic amines) is 1. The maximum atomic E-state index is 12.3. The van der Waals surface area contributed by atoms with Crippen molar-refractivity contribution >= 4 is 5.91 Å². The normalized spacial score (nSPS) is 29.2. The van der Waals surface area contributed by atoms with Crippen molar-refractivity contribution in [2.45, 2.75) is 53.1 Å². The van der Waals surface area contributed by atoms with Gasteiger partial charge in [0.1, 0.15) is 6.10 Å². The molecule has 0 aromatic rings. The Kier molecular flexibility index (Phi) is 3.01. The van der Waals surface area contributed by atoms with Gasteiger partial charge in [-0.1, -0.05) is 27.7 Å². The van der Waals surface area contributed by atoms with Crippen LogP contribution in [-0.2, 0) is 4.79 Å². The number of aliphatic hydroxyl groups is 1. The van der Waals surface area contributed by atoms with Crippen LogP contribution in [0.1, 0.15) is 47.0 Å². The molecule has 2 atom stereocenters. The summed E-state index contributed by atoms with van der Waals surface area (Å²) in [6.45, 7) is 10.2. The van der Waals surface area contributed by atoms with Gasteiger partial charge in [0.05, 0.1) is 0 Å². The van der Waals surface area contributed by atoms with Crippen molar-refractivity contribution in [3.8, 4) is 0 Å². The van der Waals surface area contributed by atoms with Crippen LogP contribution in [0, 0.1) is 16.7 Å². The van der Waals surface area contributed by atoms with Crippen LogP contribution in [-0.4, -0.2) is 35.1 Å². The second-order valence-corrected chi connectivity index (χ2v) is 6.99. The lowest BCUT2D eigenvalue weighted by Gasteiger charge is -2.35. The standard InChI is InChI=1S/C14H25NO2/c1-10-5-8-15(9-10)12(17)11(16)14(6-7-14)13(2,3)4/h10-11,16H,5-9H2,1-4H3. The smallest absolute Gasteiger partial charge is 0.252 e. The summed E-state index contributed by atoms with van der Waals surface area (Å²) >= 11 is 0. The van der Waals surface area contributed by atoms with E-state index in [1.165, 1.54) is 0 Å². The Morgan fingerprint density at radius 1 is 1.41 bits per heavy atom. The molecule has 0 aromatic carbocycles. The van der Waals surface area contributed by atoms with Crippen LogP contribution < -0.4 is 0 Å². The SMILES string of the molecule is CC1CCN(C(=O)C(O)C2(C(C)(C)C)CC2)C1. The van der Waals surface area contributed by atoms with Crippen molar-refractivity contribution in [1.29, 1.82) is 0 Å². The van der Waals surface area contributed by atoms with Gasteiger partial charge in [-0.25, -0.2) is 0 Å². The lowest BCUT2D eigenvalue weighted by molar-refractivity contribution is -0.146. The number of hydrogen-bond donors (Lipinski definition) is 1. The minimum Gasteiger partial charge on any atom is -0.383 e. The number of hydrogen-bond acceptors (Lipinski definition) is 2. The lowest BCUT2D eigenvalue weighted by atomic mass is 9.73. The highest BCUT2D eigenvalue weighted by molar-refractivity contribution is 5.82. The summed E-state index contributed by atoms with van der Waals surface area (Å²) < 4.78 is 0. The molecule has 2 unspecified atom stereocenters. The number of nitrogens with zero attached hydrogens (tertiary/aromatic N) is 1. The Morgan fingerprint density at radius 2 is 2.00 bits per heavy atom. The minimum atomic E-state index is -0.798. The van der Waals surface area contributed by atoms with Gasteiger partial charge in [-0.2, -0.15) is 0 Å². The summed E-state index contributed by atoms with van der Waals surface area (Å²) in [7, 11) is 0. The van der Waals surface area contributed by atoms with E-state index in [9.17, 15) is 9.90 Å². The van der Waals surface area contributed by atoms with Gasteiger partial charge in [0.25, 0.3) is 5.91 Å². The van der Waals surface area contributed by atoms with Crippen LogP contribution in [0.15, 0.2) is 0 Å². The molecular weight excluding hydrogens is 214 g/mol. The number of aliphatic hydroxyl groups excluding tert-OH is 1. The van der Waals surface area contributed by atoms with E-state index in [0.717, 1.165) is 32.4 Å². The number of carbonyl (C=O) groups is 1. The average Bonchev–Trinajstić information content (AvgIpc) is 2.94. The Morgan fingerprint density at radius 3 is 2.35 bits per heavy atom. The molecule has 0 radical (unpaired) electrons. The highest BCUT2D eigenvalue weighted by atomic mass is 16.3. The number of rotatable bonds is 2. The molecule has 1 N–H and O–H groups in total. The van der Waals surface area contributed by atoms with E-state index in [0.29, 0.717) is 5.92 Å². The predicted octanol–water partition coefficient (Wildman–Crippen LogP) is 2.04. The zero-order chi connectivity index (χ0) is 12.8. The Bertz CT molecular complexity index is 315. The quantitative estimate of drug-likeness (QED) is 0.801. The summed E-state index contributed by atoms with van der Waals surface area (Å²) in [5.74, 6) is 0.540. The fourth-order valence-corrected chi connectivity index (χ4v) is 3.11. The van der Waals surface area contributed by atoms with Crippen LogP contribution in [0.4, 0.5) is 0 Å². The van der Waals surface area contributed by atoms with E-state index in [2.05, 4.69) is 27.7 Å². The van der Waals surface area contributed by atoms with Crippen molar-refractivity contribution in [1.82, 2.24) is 4.90 Å². The number of carbonyl (C=O) groups excluding carboxylic acids is 1. The summed E-state index contributed by atoms with van der Waals surface area (Å²) in [5, 5.41) is 10.4. The second-order valence-electron chi connectivity index (χ2n) is 6.99. The highest BCUT2D eigenvalue weighted by Gasteiger charge is 2.59. The fourth-order valence-electron chi connectivity index (χ4n) is 3.11. The van der Waals surface area contributed by atoms with E-state index >= 15 is 0 Å². The van der Waals surface area contributed by atoms with Crippen LogP contribution in [0.2, 0.25) is 0 Å². The molecule has 1 saturated heterocycles. The van der Waals surface area contributed by atoms with Gasteiger partial charge in [0.2, 0.25) is 0 Å². The Hall–Kier alpha value is -0.570. The number of amides is 1. The predicted molar refractivity (Wildman–Crippen MR) is 67.5 cm³/mol. The summed E-state index contributed by atoms with van der Waals surface area (Å²) in [5.41, 5.74) is -0.163. The first-order valence-corrected chi connectivity index (χ1v) is 6.75. The Balaban J connectivity index is 2.06. The molecule has 1 saturated carbocycles. The Labute approximate surface area is 104 Å². The third kappa shape index (κ3) is 2.10. The largest absolute Gasteiger partial charge is 0.383 e. The zero-order valence-corrected chi connectivity index (χ0v) is 11.5. The first kappa shape index (κ1) is 12.9. The molecule has 1 aliphatic carbocycles. The van der Waals surface area contributed by atoms with Crippen LogP contribution in [0.5, 0.6) is 0 Å². The van der Waals surface area contributed by atoms with Gasteiger partial charge in [-0.05, 0) is 30.6 Å². The lowest BCUT2D eigenvalue weighted by Crippen LogP contribution is -2.46. The van der Waals surface area contributed by atoms with Crippen LogP contribution >= 0.6 is 0 Å². The molecule has 3 heteroatoms. The van der Waals surface area contributed by atoms with Crippen molar-refractivity contribution in [2.24, 2.45) is 16.7 Å². The van der Waals surface area contributed by atoms with Gasteiger partial charge >= 0.3 is 0 Å². The topological polar surface area (TPSA) is 40.5 Å². The molecule has 98 valence electrons. The van der Waals surface area contributed by atoms with E-state index in [4.69, 9.17) is 0 Å². The molecule has 2 aliphatic rings. The maximum Gasteiger partial charge on any atom is 0.252 e.